The van der Waals surface area contributed by atoms with Gasteiger partial charge in [0.15, 0.2) is 0 Å². The number of nitrogens with zero attached hydrogens (tertiary/aromatic N) is 1. The number of nitrogens with one attached hydrogen (secondary N) is 1. The van der Waals surface area contributed by atoms with E-state index in [-0.39, 0.29) is 16.5 Å². The molecule has 0 aromatic heterocycles. The molecule has 0 spiro atoms. The molecule has 1 aliphatic heterocycles. The predicted molar refractivity (Wildman–Crippen MR) is 113 cm³/mol. The van der Waals surface area contributed by atoms with Crippen molar-refractivity contribution in [1.82, 2.24) is 0 Å². The van der Waals surface area contributed by atoms with Crippen molar-refractivity contribution in [2.24, 2.45) is 5.92 Å². The fourth-order valence-electron chi connectivity index (χ4n) is 2.87. The van der Waals surface area contributed by atoms with Crippen molar-refractivity contribution in [2.75, 3.05) is 16.8 Å². The summed E-state index contributed by atoms with van der Waals surface area (Å²) in [5.74, 6) is -0.214. The van der Waals surface area contributed by atoms with Gasteiger partial charge in [0.1, 0.15) is 10.8 Å². The zero-order chi connectivity index (χ0) is 21.1. The van der Waals surface area contributed by atoms with Crippen molar-refractivity contribution in [3.63, 3.8) is 0 Å². The first-order valence-electron chi connectivity index (χ1n) is 9.17. The molecule has 0 aliphatic carbocycles. The van der Waals surface area contributed by atoms with E-state index >= 15 is 0 Å². The first-order chi connectivity index (χ1) is 13.8. The molecule has 0 fully saturated rings. The van der Waals surface area contributed by atoms with Gasteiger partial charge in [-0.3, -0.25) is 14.4 Å². The Kier molecular flexibility index (Phi) is 6.03. The summed E-state index contributed by atoms with van der Waals surface area (Å²) in [6, 6.07) is 13.3. The summed E-state index contributed by atoms with van der Waals surface area (Å²) < 4.78 is 5.65. The van der Waals surface area contributed by atoms with Crippen LogP contribution in [0.15, 0.2) is 53.6 Å². The van der Waals surface area contributed by atoms with Gasteiger partial charge in [0.05, 0.1) is 17.9 Å². The van der Waals surface area contributed by atoms with Gasteiger partial charge in [-0.05, 0) is 47.9 Å². The molecule has 29 heavy (non-hydrogen) atoms. The number of hydrogen-bond donors (Lipinski definition) is 1. The first kappa shape index (κ1) is 20.6. The Morgan fingerprint density at radius 1 is 1.03 bits per heavy atom. The summed E-state index contributed by atoms with van der Waals surface area (Å²) >= 11 is 6.22. The molecule has 1 heterocycles. The summed E-state index contributed by atoms with van der Waals surface area (Å²) in [5, 5.41) is 2.51. The molecule has 0 unspecified atom stereocenters. The zero-order valence-electron chi connectivity index (χ0n) is 16.4. The molecule has 0 atom stereocenters. The molecule has 0 saturated carbocycles. The van der Waals surface area contributed by atoms with E-state index in [1.807, 2.05) is 0 Å². The van der Waals surface area contributed by atoms with Crippen LogP contribution in [0.25, 0.3) is 5.57 Å². The smallest absolute Gasteiger partial charge is 0.277 e. The van der Waals surface area contributed by atoms with E-state index in [1.165, 1.54) is 6.92 Å². The fraction of sp³-hybridized carbons (Fsp3) is 0.227. The lowest BCUT2D eigenvalue weighted by molar-refractivity contribution is -0.120. The van der Waals surface area contributed by atoms with Crippen LogP contribution in [-0.4, -0.2) is 24.3 Å². The Morgan fingerprint density at radius 2 is 1.66 bits per heavy atom. The number of carbonyl (C=O) groups is 3. The summed E-state index contributed by atoms with van der Waals surface area (Å²) in [4.78, 5) is 37.7. The monoisotopic (exact) mass is 412 g/mol. The molecule has 0 radical (unpaired) electrons. The fourth-order valence-corrected chi connectivity index (χ4v) is 3.14. The van der Waals surface area contributed by atoms with Gasteiger partial charge in [-0.25, -0.2) is 4.90 Å². The van der Waals surface area contributed by atoms with Gasteiger partial charge in [-0.15, -0.1) is 0 Å². The number of rotatable bonds is 6. The zero-order valence-corrected chi connectivity index (χ0v) is 17.1. The topological polar surface area (TPSA) is 75.7 Å². The van der Waals surface area contributed by atoms with Crippen molar-refractivity contribution in [3.8, 4) is 5.75 Å². The quantitative estimate of drug-likeness (QED) is 0.721. The normalized spacial score (nSPS) is 14.0. The van der Waals surface area contributed by atoms with E-state index in [4.69, 9.17) is 16.3 Å². The lowest BCUT2D eigenvalue weighted by atomic mass is 10.1. The third-order valence-corrected chi connectivity index (χ3v) is 4.55. The molecule has 2 aromatic rings. The number of hydrogen-bond acceptors (Lipinski definition) is 4. The maximum Gasteiger partial charge on any atom is 0.277 e. The number of carbonyl (C=O) groups excluding carboxylic acids is 3. The number of amides is 3. The van der Waals surface area contributed by atoms with Crippen LogP contribution < -0.4 is 15.0 Å². The van der Waals surface area contributed by atoms with E-state index in [0.29, 0.717) is 35.2 Å². The standard InChI is InChI=1S/C22H21ClN2O4/c1-13(2)12-29-18-10-4-15(5-11-18)19-20(23)22(28)25(21(19)27)17-8-6-16(7-9-17)24-14(3)26/h4-11,13H,12H2,1-3H3,(H,24,26). The molecule has 0 saturated heterocycles. The highest BCUT2D eigenvalue weighted by Crippen LogP contribution is 2.35. The SMILES string of the molecule is CC(=O)Nc1ccc(N2C(=O)C(Cl)=C(c3ccc(OCC(C)C)cc3)C2=O)cc1. The Balaban J connectivity index is 1.82. The number of ether oxygens (including phenoxy) is 1. The molecule has 7 heteroatoms. The van der Waals surface area contributed by atoms with Crippen molar-refractivity contribution < 1.29 is 19.1 Å². The Bertz CT molecular complexity index is 979. The minimum absolute atomic E-state index is 0.128. The van der Waals surface area contributed by atoms with Crippen molar-refractivity contribution in [2.45, 2.75) is 20.8 Å². The second-order valence-electron chi connectivity index (χ2n) is 7.09. The van der Waals surface area contributed by atoms with E-state index < -0.39 is 11.8 Å². The predicted octanol–water partition coefficient (Wildman–Crippen LogP) is 4.20. The van der Waals surface area contributed by atoms with Gasteiger partial charge in [0.25, 0.3) is 11.8 Å². The molecule has 2 aromatic carbocycles. The van der Waals surface area contributed by atoms with Crippen molar-refractivity contribution in [1.29, 1.82) is 0 Å². The molecule has 3 rings (SSSR count). The van der Waals surface area contributed by atoms with Gasteiger partial charge >= 0.3 is 0 Å². The molecule has 0 bridgehead atoms. The third kappa shape index (κ3) is 4.49. The molecule has 1 aliphatic rings. The highest BCUT2D eigenvalue weighted by atomic mass is 35.5. The number of halogens is 1. The van der Waals surface area contributed by atoms with Gasteiger partial charge in [-0.2, -0.15) is 0 Å². The Labute approximate surface area is 174 Å². The molecular formula is C22H21ClN2O4. The van der Waals surface area contributed by atoms with Crippen LogP contribution in [0, 0.1) is 5.92 Å². The van der Waals surface area contributed by atoms with Crippen LogP contribution in [0.2, 0.25) is 0 Å². The third-order valence-electron chi connectivity index (χ3n) is 4.20. The Morgan fingerprint density at radius 3 is 2.21 bits per heavy atom. The van der Waals surface area contributed by atoms with Crippen LogP contribution in [-0.2, 0) is 14.4 Å². The van der Waals surface area contributed by atoms with Crippen molar-refractivity contribution >= 4 is 46.3 Å². The molecule has 6 nitrogen and oxygen atoms in total. The summed E-state index contributed by atoms with van der Waals surface area (Å²) in [6.45, 7) is 6.09. The van der Waals surface area contributed by atoms with Gasteiger partial charge < -0.3 is 10.1 Å². The average molecular weight is 413 g/mol. The molecule has 3 amide bonds. The van der Waals surface area contributed by atoms with Gasteiger partial charge in [0.2, 0.25) is 5.91 Å². The van der Waals surface area contributed by atoms with Crippen LogP contribution in [0.5, 0.6) is 5.75 Å². The second-order valence-corrected chi connectivity index (χ2v) is 7.47. The molecular weight excluding hydrogens is 392 g/mol. The lowest BCUT2D eigenvalue weighted by Gasteiger charge is -2.15. The van der Waals surface area contributed by atoms with E-state index in [9.17, 15) is 14.4 Å². The van der Waals surface area contributed by atoms with E-state index in [1.54, 1.807) is 48.5 Å². The highest BCUT2D eigenvalue weighted by molar-refractivity contribution is 6.60. The number of imide groups is 1. The average Bonchev–Trinajstić information content (AvgIpc) is 2.90. The maximum absolute atomic E-state index is 13.0. The van der Waals surface area contributed by atoms with Gasteiger partial charge in [-0.1, -0.05) is 37.6 Å². The van der Waals surface area contributed by atoms with Crippen LogP contribution in [0.3, 0.4) is 0 Å². The highest BCUT2D eigenvalue weighted by Gasteiger charge is 2.39. The van der Waals surface area contributed by atoms with E-state index in [2.05, 4.69) is 19.2 Å². The molecule has 150 valence electrons. The van der Waals surface area contributed by atoms with Crippen molar-refractivity contribution in [3.05, 3.63) is 59.1 Å². The lowest BCUT2D eigenvalue weighted by Crippen LogP contribution is -2.31. The van der Waals surface area contributed by atoms with Crippen LogP contribution in [0.4, 0.5) is 11.4 Å². The second kappa shape index (κ2) is 8.49. The Hall–Kier alpha value is -3.12. The van der Waals surface area contributed by atoms with E-state index in [0.717, 1.165) is 4.90 Å². The summed E-state index contributed by atoms with van der Waals surface area (Å²) in [7, 11) is 0. The molecule has 1 N–H and O–H groups in total. The minimum atomic E-state index is -0.584. The number of benzene rings is 2. The van der Waals surface area contributed by atoms with Gasteiger partial charge in [0, 0.05) is 12.6 Å². The minimum Gasteiger partial charge on any atom is -0.493 e. The van der Waals surface area contributed by atoms with Crippen LogP contribution >= 0.6 is 11.6 Å². The van der Waals surface area contributed by atoms with Crippen LogP contribution in [0.1, 0.15) is 26.3 Å². The summed E-state index contributed by atoms with van der Waals surface area (Å²) in [6.07, 6.45) is 0. The first-order valence-corrected chi connectivity index (χ1v) is 9.55. The largest absolute Gasteiger partial charge is 0.493 e. The maximum atomic E-state index is 13.0. The summed E-state index contributed by atoms with van der Waals surface area (Å²) in [5.41, 5.74) is 1.64. The number of anilines is 2.